The largest absolute Gasteiger partial charge is 0.373 e. The van der Waals surface area contributed by atoms with Crippen molar-refractivity contribution >= 4 is 5.91 Å². The van der Waals surface area contributed by atoms with E-state index in [2.05, 4.69) is 15.3 Å². The van der Waals surface area contributed by atoms with E-state index in [0.717, 1.165) is 6.07 Å². The van der Waals surface area contributed by atoms with Crippen LogP contribution >= 0.6 is 0 Å². The number of carbonyl (C=O) groups excluding carboxylic acids is 1. The lowest BCUT2D eigenvalue weighted by molar-refractivity contribution is 0.0405. The van der Waals surface area contributed by atoms with Crippen LogP contribution in [-0.2, 0) is 4.84 Å². The van der Waals surface area contributed by atoms with Gasteiger partial charge in [-0.1, -0.05) is 5.92 Å². The summed E-state index contributed by atoms with van der Waals surface area (Å²) >= 11 is 0. The molecule has 0 aliphatic carbocycles. The van der Waals surface area contributed by atoms with Crippen LogP contribution in [0.25, 0.3) is 0 Å². The van der Waals surface area contributed by atoms with Crippen LogP contribution in [0.2, 0.25) is 0 Å². The molecule has 1 amide bonds. The Labute approximate surface area is 72.8 Å². The van der Waals surface area contributed by atoms with Gasteiger partial charge in [0.05, 0.1) is 6.07 Å². The van der Waals surface area contributed by atoms with E-state index in [1.54, 1.807) is 0 Å². The van der Waals surface area contributed by atoms with Crippen LogP contribution in [0.5, 0.6) is 0 Å². The quantitative estimate of drug-likeness (QED) is 0.366. The zero-order valence-corrected chi connectivity index (χ0v) is 6.49. The highest BCUT2D eigenvalue weighted by atomic mass is 16.7. The number of aromatic amines is 1. The first-order chi connectivity index (χ1) is 6.24. The van der Waals surface area contributed by atoms with Gasteiger partial charge in [-0.3, -0.25) is 14.4 Å². The van der Waals surface area contributed by atoms with Crippen molar-refractivity contribution in [3.63, 3.8) is 0 Å². The van der Waals surface area contributed by atoms with Crippen molar-refractivity contribution in [3.05, 3.63) is 22.2 Å². The number of amides is 1. The first kappa shape index (κ1) is 9.09. The second kappa shape index (κ2) is 4.13. The minimum Gasteiger partial charge on any atom is -0.373 e. The lowest BCUT2D eigenvalue weighted by Crippen LogP contribution is -2.23. The second-order valence-corrected chi connectivity index (χ2v) is 2.00. The summed E-state index contributed by atoms with van der Waals surface area (Å²) in [5.74, 6) is 1.31. The standard InChI is InChI=1S/C7H6N2O4/c1-2-3-12-9-7(11)5-4-6(10)8-13-5/h1,4H,3H2,(H,8,10)(H,9,11). The fraction of sp³-hybridized carbons (Fsp3) is 0.143. The Morgan fingerprint density at radius 3 is 3.15 bits per heavy atom. The van der Waals surface area contributed by atoms with Crippen LogP contribution in [0.4, 0.5) is 0 Å². The zero-order valence-electron chi connectivity index (χ0n) is 6.49. The summed E-state index contributed by atoms with van der Waals surface area (Å²) < 4.78 is 4.48. The lowest BCUT2D eigenvalue weighted by atomic mass is 10.4. The summed E-state index contributed by atoms with van der Waals surface area (Å²) in [6.07, 6.45) is 4.85. The number of nitrogens with one attached hydrogen (secondary N) is 2. The molecular formula is C7H6N2O4. The van der Waals surface area contributed by atoms with E-state index in [4.69, 9.17) is 6.42 Å². The minimum absolute atomic E-state index is 0.0552. The molecule has 6 heteroatoms. The van der Waals surface area contributed by atoms with Gasteiger partial charge in [-0.05, 0) is 0 Å². The number of hydrogen-bond acceptors (Lipinski definition) is 4. The van der Waals surface area contributed by atoms with Crippen LogP contribution in [-0.4, -0.2) is 17.7 Å². The third-order valence-corrected chi connectivity index (χ3v) is 1.07. The SMILES string of the molecule is C#CCONC(=O)c1cc(=O)[nH]o1. The van der Waals surface area contributed by atoms with Gasteiger partial charge in [-0.15, -0.1) is 6.42 Å². The average Bonchev–Trinajstić information content (AvgIpc) is 2.52. The second-order valence-electron chi connectivity index (χ2n) is 2.00. The molecule has 0 fully saturated rings. The van der Waals surface area contributed by atoms with Crippen LogP contribution in [0, 0.1) is 12.3 Å². The number of terminal acetylenes is 1. The summed E-state index contributed by atoms with van der Waals surface area (Å²) in [4.78, 5) is 26.0. The van der Waals surface area contributed by atoms with E-state index in [0.29, 0.717) is 0 Å². The number of hydrogen-bond donors (Lipinski definition) is 2. The van der Waals surface area contributed by atoms with Crippen molar-refractivity contribution < 1.29 is 14.2 Å². The molecule has 0 saturated carbocycles. The van der Waals surface area contributed by atoms with Gasteiger partial charge >= 0.3 is 5.91 Å². The molecule has 1 aromatic heterocycles. The highest BCUT2D eigenvalue weighted by Crippen LogP contribution is 1.91. The molecule has 1 aromatic rings. The van der Waals surface area contributed by atoms with Gasteiger partial charge in [0, 0.05) is 0 Å². The molecule has 0 aromatic carbocycles. The third-order valence-electron chi connectivity index (χ3n) is 1.07. The molecule has 0 aliphatic rings. The summed E-state index contributed by atoms with van der Waals surface area (Å²) in [6.45, 7) is -0.0552. The van der Waals surface area contributed by atoms with E-state index in [1.165, 1.54) is 0 Å². The molecule has 0 unspecified atom stereocenters. The van der Waals surface area contributed by atoms with E-state index in [-0.39, 0.29) is 12.4 Å². The third kappa shape index (κ3) is 2.50. The molecule has 0 atom stereocenters. The monoisotopic (exact) mass is 182 g/mol. The molecule has 6 nitrogen and oxygen atoms in total. The lowest BCUT2D eigenvalue weighted by Gasteiger charge is -1.97. The molecule has 1 rings (SSSR count). The predicted octanol–water partition coefficient (Wildman–Crippen LogP) is -0.737. The normalized spacial score (nSPS) is 9.15. The number of carbonyl (C=O) groups is 1. The van der Waals surface area contributed by atoms with Crippen molar-refractivity contribution in [2.24, 2.45) is 0 Å². The predicted molar refractivity (Wildman–Crippen MR) is 41.6 cm³/mol. The summed E-state index contributed by atoms with van der Waals surface area (Å²) in [6, 6.07) is 0.995. The molecule has 0 aliphatic heterocycles. The number of rotatable bonds is 3. The summed E-state index contributed by atoms with van der Waals surface area (Å²) in [5, 5.41) is 1.95. The minimum atomic E-state index is -0.673. The molecule has 0 bridgehead atoms. The molecule has 0 spiro atoms. The van der Waals surface area contributed by atoms with E-state index in [1.807, 2.05) is 10.6 Å². The number of hydroxylamine groups is 1. The molecule has 0 radical (unpaired) electrons. The van der Waals surface area contributed by atoms with Gasteiger partial charge in [0.15, 0.2) is 0 Å². The number of aromatic nitrogens is 1. The maximum absolute atomic E-state index is 11.0. The fourth-order valence-corrected chi connectivity index (χ4v) is 0.589. The Hall–Kier alpha value is -2.00. The highest BCUT2D eigenvalue weighted by molar-refractivity contribution is 5.90. The van der Waals surface area contributed by atoms with Crippen LogP contribution in [0.15, 0.2) is 15.4 Å². The van der Waals surface area contributed by atoms with Crippen molar-refractivity contribution in [3.8, 4) is 12.3 Å². The van der Waals surface area contributed by atoms with E-state index < -0.39 is 11.5 Å². The Bertz CT molecular complexity index is 384. The molecule has 2 N–H and O–H groups in total. The Balaban J connectivity index is 2.50. The van der Waals surface area contributed by atoms with Crippen molar-refractivity contribution in [1.82, 2.24) is 10.6 Å². The Morgan fingerprint density at radius 1 is 1.85 bits per heavy atom. The smallest absolute Gasteiger partial charge is 0.313 e. The van der Waals surface area contributed by atoms with Crippen molar-refractivity contribution in [1.29, 1.82) is 0 Å². The zero-order chi connectivity index (χ0) is 9.68. The molecule has 13 heavy (non-hydrogen) atoms. The molecule has 0 saturated heterocycles. The summed E-state index contributed by atoms with van der Waals surface area (Å²) in [7, 11) is 0. The first-order valence-corrected chi connectivity index (χ1v) is 3.28. The van der Waals surface area contributed by atoms with Crippen LogP contribution in [0.1, 0.15) is 10.6 Å². The van der Waals surface area contributed by atoms with Gasteiger partial charge < -0.3 is 4.52 Å². The van der Waals surface area contributed by atoms with Crippen molar-refractivity contribution in [2.45, 2.75) is 0 Å². The molecular weight excluding hydrogens is 176 g/mol. The topological polar surface area (TPSA) is 84.3 Å². The van der Waals surface area contributed by atoms with Gasteiger partial charge in [-0.25, -0.2) is 5.48 Å². The van der Waals surface area contributed by atoms with Crippen LogP contribution < -0.4 is 11.0 Å². The summed E-state index contributed by atoms with van der Waals surface area (Å²) in [5.41, 5.74) is 1.48. The Morgan fingerprint density at radius 2 is 2.62 bits per heavy atom. The van der Waals surface area contributed by atoms with Gasteiger partial charge in [-0.2, -0.15) is 5.16 Å². The van der Waals surface area contributed by atoms with Gasteiger partial charge in [0.1, 0.15) is 6.61 Å². The first-order valence-electron chi connectivity index (χ1n) is 3.28. The highest BCUT2D eigenvalue weighted by Gasteiger charge is 2.09. The van der Waals surface area contributed by atoms with Crippen LogP contribution in [0.3, 0.4) is 0 Å². The average molecular weight is 182 g/mol. The van der Waals surface area contributed by atoms with E-state index in [9.17, 15) is 9.59 Å². The van der Waals surface area contributed by atoms with E-state index >= 15 is 0 Å². The Kier molecular flexibility index (Phi) is 2.89. The maximum Gasteiger partial charge on any atom is 0.313 e. The van der Waals surface area contributed by atoms with Gasteiger partial charge in [0.2, 0.25) is 5.76 Å². The maximum atomic E-state index is 11.0. The molecule has 1 heterocycles. The molecule has 68 valence electrons. The number of H-pyrrole nitrogens is 1. The van der Waals surface area contributed by atoms with Crippen molar-refractivity contribution in [2.75, 3.05) is 6.61 Å². The van der Waals surface area contributed by atoms with Gasteiger partial charge in [0.25, 0.3) is 5.56 Å². The fourth-order valence-electron chi connectivity index (χ4n) is 0.589.